The summed E-state index contributed by atoms with van der Waals surface area (Å²) in [6.07, 6.45) is -1.35. The molecule has 0 fully saturated rings. The van der Waals surface area contributed by atoms with E-state index in [2.05, 4.69) is 26.6 Å². The molecule has 2 aliphatic heterocycles. The number of esters is 1. The van der Waals surface area contributed by atoms with Gasteiger partial charge >= 0.3 is 18.1 Å². The first-order valence-corrected chi connectivity index (χ1v) is 20.2. The molecule has 2 atom stereocenters. The standard InChI is InChI=1S/C43H45N7O14/c1-3-25-26-15-24(10-11-30(26)49-38-27(25)20-50-32(38)16-29-28(40(50)58)21-62-41(59)43(29,61)4-2)64-42(60)63-22-47-35(53)18-46-39(57)31(14-23-8-6-5-7-9-23)48-36(54)19-45-34(52)17-44-33(51)12-13-37(55)56/h5-11,15-16,31,61H,3-4,12-14,17-22H2,1-2H3,(H,44,51)(H,45,52)(H,46,57)(H,47,53)(H,48,54)(H,55,56)/t31-,43-/m0/s1. The van der Waals surface area contributed by atoms with E-state index in [4.69, 9.17) is 24.3 Å². The van der Waals surface area contributed by atoms with Crippen molar-refractivity contribution in [2.24, 2.45) is 0 Å². The fourth-order valence-corrected chi connectivity index (χ4v) is 7.30. The number of benzene rings is 2. The lowest BCUT2D eigenvalue weighted by molar-refractivity contribution is -0.172. The number of hydrogen-bond acceptors (Lipinski definition) is 14. The number of ether oxygens (including phenoxy) is 3. The SMILES string of the molecule is CCc1c2c(nc3ccc(OC(=O)OCNC(=O)CNC(=O)[C@H](Cc4ccccc4)NC(=O)CNC(=O)CNC(=O)CCC(=O)O)cc13)-c1cc3c(c(=O)n1C2)COC(=O)[C@]3(O)CC. The van der Waals surface area contributed by atoms with E-state index in [1.165, 1.54) is 10.6 Å². The Labute approximate surface area is 363 Å². The lowest BCUT2D eigenvalue weighted by atomic mass is 9.86. The van der Waals surface area contributed by atoms with Crippen molar-refractivity contribution in [2.75, 3.05) is 26.4 Å². The number of aromatic nitrogens is 2. The number of rotatable bonds is 18. The molecule has 2 aromatic heterocycles. The fraction of sp³-hybridized carbons (Fsp3) is 0.349. The normalized spacial score (nSPS) is 15.0. The molecular formula is C43H45N7O14. The second-order valence-electron chi connectivity index (χ2n) is 14.8. The van der Waals surface area contributed by atoms with Crippen LogP contribution in [0, 0.1) is 0 Å². The van der Waals surface area contributed by atoms with Crippen molar-refractivity contribution in [2.45, 2.75) is 70.7 Å². The van der Waals surface area contributed by atoms with Crippen molar-refractivity contribution in [1.82, 2.24) is 36.1 Å². The van der Waals surface area contributed by atoms with Crippen LogP contribution in [0.5, 0.6) is 5.75 Å². The van der Waals surface area contributed by atoms with Crippen LogP contribution in [0.1, 0.15) is 60.9 Å². The fourth-order valence-electron chi connectivity index (χ4n) is 7.30. The van der Waals surface area contributed by atoms with E-state index in [1.54, 1.807) is 55.5 Å². The molecule has 6 rings (SSSR count). The van der Waals surface area contributed by atoms with Gasteiger partial charge in [-0.15, -0.1) is 0 Å². The summed E-state index contributed by atoms with van der Waals surface area (Å²) >= 11 is 0. The van der Waals surface area contributed by atoms with Crippen molar-refractivity contribution < 1.29 is 62.8 Å². The van der Waals surface area contributed by atoms with Gasteiger partial charge in [0.25, 0.3) is 5.56 Å². The van der Waals surface area contributed by atoms with Gasteiger partial charge in [0.1, 0.15) is 18.4 Å². The molecule has 5 amide bonds. The summed E-state index contributed by atoms with van der Waals surface area (Å²) < 4.78 is 17.1. The smallest absolute Gasteiger partial charge is 0.481 e. The minimum Gasteiger partial charge on any atom is -0.481 e. The molecule has 0 spiro atoms. The minimum absolute atomic E-state index is 0.00907. The maximum Gasteiger partial charge on any atom is 0.515 e. The molecule has 0 unspecified atom stereocenters. The van der Waals surface area contributed by atoms with E-state index in [1.807, 2.05) is 6.92 Å². The van der Waals surface area contributed by atoms with Crippen LogP contribution in [0.15, 0.2) is 59.4 Å². The predicted octanol–water partition coefficient (Wildman–Crippen LogP) is 0.172. The number of carbonyl (C=O) groups excluding carboxylic acids is 7. The average Bonchev–Trinajstić information content (AvgIpc) is 3.65. The van der Waals surface area contributed by atoms with Crippen molar-refractivity contribution >= 4 is 58.5 Å². The maximum atomic E-state index is 13.6. The van der Waals surface area contributed by atoms with E-state index >= 15 is 0 Å². The third-order valence-corrected chi connectivity index (χ3v) is 10.6. The van der Waals surface area contributed by atoms with E-state index in [0.29, 0.717) is 34.3 Å². The summed E-state index contributed by atoms with van der Waals surface area (Å²) in [6, 6.07) is 13.8. The lowest BCUT2D eigenvalue weighted by Gasteiger charge is -2.31. The quantitative estimate of drug-likeness (QED) is 0.0351. The van der Waals surface area contributed by atoms with Crippen LogP contribution in [0.2, 0.25) is 0 Å². The molecule has 0 saturated carbocycles. The highest BCUT2D eigenvalue weighted by molar-refractivity contribution is 5.93. The van der Waals surface area contributed by atoms with Crippen molar-refractivity contribution in [3.8, 4) is 17.1 Å². The largest absolute Gasteiger partial charge is 0.515 e. The number of carbonyl (C=O) groups is 8. The molecule has 21 heteroatoms. The number of nitrogens with one attached hydrogen (secondary N) is 5. The number of aliphatic hydroxyl groups is 1. The zero-order valence-corrected chi connectivity index (χ0v) is 34.7. The maximum absolute atomic E-state index is 13.6. The third kappa shape index (κ3) is 10.5. The number of cyclic esters (lactones) is 1. The zero-order valence-electron chi connectivity index (χ0n) is 34.7. The average molecular weight is 884 g/mol. The molecule has 0 saturated heterocycles. The molecule has 0 bridgehead atoms. The van der Waals surface area contributed by atoms with E-state index in [-0.39, 0.29) is 49.3 Å². The number of carboxylic acid groups (broad SMARTS) is 1. The monoisotopic (exact) mass is 883 g/mol. The highest BCUT2D eigenvalue weighted by Crippen LogP contribution is 2.40. The van der Waals surface area contributed by atoms with Gasteiger partial charge in [-0.2, -0.15) is 0 Å². The summed E-state index contributed by atoms with van der Waals surface area (Å²) in [6.45, 7) is 1.23. The Balaban J connectivity index is 1.01. The Bertz CT molecular complexity index is 2600. The summed E-state index contributed by atoms with van der Waals surface area (Å²) in [5.41, 5.74) is 1.82. The van der Waals surface area contributed by atoms with Gasteiger partial charge in [-0.1, -0.05) is 44.2 Å². The lowest BCUT2D eigenvalue weighted by Crippen LogP contribution is -2.52. The van der Waals surface area contributed by atoms with Crippen LogP contribution in [0.4, 0.5) is 4.79 Å². The first-order valence-electron chi connectivity index (χ1n) is 20.2. The Morgan fingerprint density at radius 2 is 1.56 bits per heavy atom. The Hall–Kier alpha value is -7.68. The van der Waals surface area contributed by atoms with Crippen LogP contribution >= 0.6 is 0 Å². The molecule has 2 aliphatic rings. The summed E-state index contributed by atoms with van der Waals surface area (Å²) in [5.74, 6) is -5.52. The molecule has 64 heavy (non-hydrogen) atoms. The summed E-state index contributed by atoms with van der Waals surface area (Å²) in [7, 11) is 0. The zero-order chi connectivity index (χ0) is 46.1. The second-order valence-corrected chi connectivity index (χ2v) is 14.8. The summed E-state index contributed by atoms with van der Waals surface area (Å²) in [4.78, 5) is 116. The number of aryl methyl sites for hydroxylation is 1. The Morgan fingerprint density at radius 1 is 0.859 bits per heavy atom. The number of pyridine rings is 2. The van der Waals surface area contributed by atoms with Crippen molar-refractivity contribution in [1.29, 1.82) is 0 Å². The first kappa shape index (κ1) is 45.8. The van der Waals surface area contributed by atoms with Gasteiger partial charge in [0, 0.05) is 29.4 Å². The molecular weight excluding hydrogens is 839 g/mol. The van der Waals surface area contributed by atoms with Gasteiger partial charge < -0.3 is 55.6 Å². The predicted molar refractivity (Wildman–Crippen MR) is 222 cm³/mol. The topological polar surface area (TPSA) is 300 Å². The number of carboxylic acids is 1. The molecule has 2 aromatic carbocycles. The Morgan fingerprint density at radius 3 is 2.28 bits per heavy atom. The number of nitrogens with zero attached hydrogens (tertiary/aromatic N) is 2. The third-order valence-electron chi connectivity index (χ3n) is 10.6. The van der Waals surface area contributed by atoms with E-state index in [0.717, 1.165) is 11.1 Å². The second kappa shape index (κ2) is 20.0. The van der Waals surface area contributed by atoms with Crippen LogP contribution in [0.3, 0.4) is 0 Å². The van der Waals surface area contributed by atoms with Crippen LogP contribution < -0.4 is 36.9 Å². The molecule has 0 radical (unpaired) electrons. The van der Waals surface area contributed by atoms with Gasteiger partial charge in [0.15, 0.2) is 12.3 Å². The number of hydrogen-bond donors (Lipinski definition) is 7. The van der Waals surface area contributed by atoms with Crippen molar-refractivity contribution in [3.05, 3.63) is 92.8 Å². The highest BCUT2D eigenvalue weighted by Gasteiger charge is 2.45. The van der Waals surface area contributed by atoms with Gasteiger partial charge in [0.2, 0.25) is 29.5 Å². The van der Waals surface area contributed by atoms with Gasteiger partial charge in [-0.05, 0) is 48.2 Å². The first-order chi connectivity index (χ1) is 30.6. The number of aliphatic carboxylic acids is 1. The molecule has 0 aliphatic carbocycles. The molecule has 4 heterocycles. The number of amides is 5. The van der Waals surface area contributed by atoms with E-state index in [9.17, 15) is 48.3 Å². The summed E-state index contributed by atoms with van der Waals surface area (Å²) in [5, 5.41) is 32.2. The van der Waals surface area contributed by atoms with E-state index < -0.39 is 97.6 Å². The minimum atomic E-state index is -1.97. The molecule has 4 aromatic rings. The molecule has 7 N–H and O–H groups in total. The van der Waals surface area contributed by atoms with Crippen LogP contribution in [-0.2, 0) is 74.6 Å². The number of fused-ring (bicyclic) bond motifs is 5. The van der Waals surface area contributed by atoms with Gasteiger partial charge in [0.05, 0.1) is 55.1 Å². The van der Waals surface area contributed by atoms with Gasteiger partial charge in [-0.25, -0.2) is 14.6 Å². The molecule has 336 valence electrons. The highest BCUT2D eigenvalue weighted by atomic mass is 16.7. The van der Waals surface area contributed by atoms with Gasteiger partial charge in [-0.3, -0.25) is 33.6 Å². The van der Waals surface area contributed by atoms with Crippen molar-refractivity contribution in [3.63, 3.8) is 0 Å². The Kier molecular flexibility index (Phi) is 14.3. The molecule has 21 nitrogen and oxygen atoms in total. The van der Waals surface area contributed by atoms with Crippen LogP contribution in [0.25, 0.3) is 22.3 Å². The van der Waals surface area contributed by atoms with Crippen LogP contribution in [-0.4, -0.2) is 99.8 Å².